The van der Waals surface area contributed by atoms with E-state index in [9.17, 15) is 17.2 Å². The summed E-state index contributed by atoms with van der Waals surface area (Å²) in [6.07, 6.45) is 0.216. The van der Waals surface area contributed by atoms with Gasteiger partial charge in [0.25, 0.3) is 0 Å². The molecule has 8 heteroatoms. The van der Waals surface area contributed by atoms with Crippen LogP contribution in [0.3, 0.4) is 0 Å². The van der Waals surface area contributed by atoms with Gasteiger partial charge in [-0.3, -0.25) is 0 Å². The number of sulfonamides is 1. The number of rotatable bonds is 4. The summed E-state index contributed by atoms with van der Waals surface area (Å²) in [7, 11) is -2.81. The molecule has 2 atom stereocenters. The number of hydrogen-bond donors (Lipinski definition) is 1. The van der Waals surface area contributed by atoms with Gasteiger partial charge in [-0.15, -0.1) is 0 Å². The minimum Gasteiger partial charge on any atom is -0.377 e. The van der Waals surface area contributed by atoms with Crippen molar-refractivity contribution in [3.63, 3.8) is 0 Å². The van der Waals surface area contributed by atoms with Crippen molar-refractivity contribution in [2.24, 2.45) is 5.73 Å². The average molecular weight is 320 g/mol. The summed E-state index contributed by atoms with van der Waals surface area (Å²) >= 11 is 0. The highest BCUT2D eigenvalue weighted by atomic mass is 32.2. The van der Waals surface area contributed by atoms with Gasteiger partial charge in [-0.25, -0.2) is 17.2 Å². The fourth-order valence-electron chi connectivity index (χ4n) is 2.45. The zero-order chi connectivity index (χ0) is 15.8. The molecule has 2 rings (SSSR count). The van der Waals surface area contributed by atoms with Crippen molar-refractivity contribution < 1.29 is 21.9 Å². The first kappa shape index (κ1) is 16.3. The number of ether oxygens (including phenoxy) is 1. The molecule has 5 nitrogen and oxygen atoms in total. The van der Waals surface area contributed by atoms with Gasteiger partial charge in [0, 0.05) is 20.2 Å². The van der Waals surface area contributed by atoms with Crippen LogP contribution in [0.5, 0.6) is 0 Å². The minimum atomic E-state index is -4.16. The Balaban J connectivity index is 2.46. The highest BCUT2D eigenvalue weighted by molar-refractivity contribution is 7.89. The molecule has 1 aromatic carbocycles. The third-order valence-corrected chi connectivity index (χ3v) is 5.63. The smallest absolute Gasteiger partial charge is 0.246 e. The molecule has 1 fully saturated rings. The topological polar surface area (TPSA) is 72.6 Å². The zero-order valence-electron chi connectivity index (χ0n) is 11.8. The molecule has 118 valence electrons. The van der Waals surface area contributed by atoms with Crippen LogP contribution >= 0.6 is 0 Å². The SMILES string of the molecule is CC1OCCC1N(C)S(=O)(=O)c1cc(CN)cc(F)c1F. The minimum absolute atomic E-state index is 0.0770. The highest BCUT2D eigenvalue weighted by Crippen LogP contribution is 2.27. The van der Waals surface area contributed by atoms with Gasteiger partial charge in [0.15, 0.2) is 11.6 Å². The maximum atomic E-state index is 13.9. The lowest BCUT2D eigenvalue weighted by Gasteiger charge is -2.26. The van der Waals surface area contributed by atoms with E-state index in [1.807, 2.05) is 0 Å². The number of benzene rings is 1. The molecule has 0 radical (unpaired) electrons. The largest absolute Gasteiger partial charge is 0.377 e. The predicted octanol–water partition coefficient (Wildman–Crippen LogP) is 1.22. The fourth-order valence-corrected chi connectivity index (χ4v) is 4.02. The molecule has 1 aromatic rings. The van der Waals surface area contributed by atoms with Crippen LogP contribution in [-0.4, -0.2) is 38.5 Å². The van der Waals surface area contributed by atoms with Crippen LogP contribution in [0.4, 0.5) is 8.78 Å². The molecule has 0 bridgehead atoms. The van der Waals surface area contributed by atoms with Gasteiger partial charge in [-0.05, 0) is 31.0 Å². The molecule has 2 unspecified atom stereocenters. The molecule has 1 aliphatic rings. The van der Waals surface area contributed by atoms with Crippen LogP contribution in [-0.2, 0) is 21.3 Å². The predicted molar refractivity (Wildman–Crippen MR) is 73.0 cm³/mol. The van der Waals surface area contributed by atoms with Gasteiger partial charge in [0.05, 0.1) is 12.1 Å². The van der Waals surface area contributed by atoms with Crippen molar-refractivity contribution in [3.8, 4) is 0 Å². The Labute approximate surface area is 122 Å². The Morgan fingerprint density at radius 3 is 2.62 bits per heavy atom. The van der Waals surface area contributed by atoms with Crippen molar-refractivity contribution in [1.82, 2.24) is 4.31 Å². The average Bonchev–Trinajstić information content (AvgIpc) is 2.86. The molecule has 2 N–H and O–H groups in total. The van der Waals surface area contributed by atoms with E-state index in [-0.39, 0.29) is 18.2 Å². The van der Waals surface area contributed by atoms with Crippen molar-refractivity contribution in [1.29, 1.82) is 0 Å². The Hall–Kier alpha value is -1.09. The molecule has 1 heterocycles. The summed E-state index contributed by atoms with van der Waals surface area (Å²) in [5.41, 5.74) is 5.60. The summed E-state index contributed by atoms with van der Waals surface area (Å²) in [6.45, 7) is 2.11. The van der Waals surface area contributed by atoms with E-state index in [1.54, 1.807) is 6.92 Å². The number of nitrogens with two attached hydrogens (primary N) is 1. The summed E-state index contributed by atoms with van der Waals surface area (Å²) in [4.78, 5) is -0.690. The first-order valence-electron chi connectivity index (χ1n) is 6.56. The van der Waals surface area contributed by atoms with Crippen molar-refractivity contribution in [2.75, 3.05) is 13.7 Å². The van der Waals surface area contributed by atoms with Gasteiger partial charge in [-0.2, -0.15) is 4.31 Å². The number of nitrogens with zero attached hydrogens (tertiary/aromatic N) is 1. The third kappa shape index (κ3) is 2.94. The number of likely N-dealkylation sites (N-methyl/N-ethyl adjacent to an activating group) is 1. The first-order valence-corrected chi connectivity index (χ1v) is 8.00. The number of halogens is 2. The van der Waals surface area contributed by atoms with Gasteiger partial charge in [0.1, 0.15) is 4.90 Å². The van der Waals surface area contributed by atoms with E-state index in [4.69, 9.17) is 10.5 Å². The molecule has 1 aliphatic heterocycles. The highest BCUT2D eigenvalue weighted by Gasteiger charge is 2.37. The second-order valence-corrected chi connectivity index (χ2v) is 7.01. The van der Waals surface area contributed by atoms with E-state index >= 15 is 0 Å². The maximum absolute atomic E-state index is 13.9. The molecule has 21 heavy (non-hydrogen) atoms. The lowest BCUT2D eigenvalue weighted by Crippen LogP contribution is -2.41. The van der Waals surface area contributed by atoms with Crippen LogP contribution in [0, 0.1) is 11.6 Å². The molecular weight excluding hydrogens is 302 g/mol. The maximum Gasteiger partial charge on any atom is 0.246 e. The summed E-state index contributed by atoms with van der Waals surface area (Å²) in [5.74, 6) is -2.61. The molecule has 1 saturated heterocycles. The van der Waals surface area contributed by atoms with Crippen LogP contribution in [0.25, 0.3) is 0 Å². The van der Waals surface area contributed by atoms with Crippen LogP contribution in [0.1, 0.15) is 18.9 Å². The second kappa shape index (κ2) is 5.96. The van der Waals surface area contributed by atoms with E-state index in [1.165, 1.54) is 7.05 Å². The van der Waals surface area contributed by atoms with E-state index in [0.717, 1.165) is 16.4 Å². The third-order valence-electron chi connectivity index (χ3n) is 3.75. The van der Waals surface area contributed by atoms with Crippen molar-refractivity contribution in [3.05, 3.63) is 29.3 Å². The van der Waals surface area contributed by atoms with Crippen LogP contribution < -0.4 is 5.73 Å². The van der Waals surface area contributed by atoms with Gasteiger partial charge >= 0.3 is 0 Å². The quantitative estimate of drug-likeness (QED) is 0.905. The van der Waals surface area contributed by atoms with Gasteiger partial charge in [-0.1, -0.05) is 0 Å². The van der Waals surface area contributed by atoms with E-state index in [2.05, 4.69) is 0 Å². The lowest BCUT2D eigenvalue weighted by atomic mass is 10.2. The molecule has 0 spiro atoms. The Bertz CT molecular complexity index is 637. The van der Waals surface area contributed by atoms with Crippen LogP contribution in [0.15, 0.2) is 17.0 Å². The lowest BCUT2D eigenvalue weighted by molar-refractivity contribution is 0.102. The monoisotopic (exact) mass is 320 g/mol. The summed E-state index contributed by atoms with van der Waals surface area (Å²) < 4.78 is 58.9. The Morgan fingerprint density at radius 1 is 1.43 bits per heavy atom. The van der Waals surface area contributed by atoms with Crippen molar-refractivity contribution >= 4 is 10.0 Å². The standard InChI is InChI=1S/C13H18F2N2O3S/c1-8-11(3-4-20-8)17(2)21(18,19)12-6-9(7-16)5-10(14)13(12)15/h5-6,8,11H,3-4,7,16H2,1-2H3. The van der Waals surface area contributed by atoms with Crippen LogP contribution in [0.2, 0.25) is 0 Å². The molecule has 0 amide bonds. The van der Waals surface area contributed by atoms with E-state index in [0.29, 0.717) is 13.0 Å². The molecule has 0 saturated carbocycles. The normalized spacial score (nSPS) is 23.0. The summed E-state index contributed by atoms with van der Waals surface area (Å²) in [6, 6.07) is 1.57. The van der Waals surface area contributed by atoms with Crippen molar-refractivity contribution in [2.45, 2.75) is 36.9 Å². The zero-order valence-corrected chi connectivity index (χ0v) is 12.7. The first-order chi connectivity index (χ1) is 9.78. The van der Waals surface area contributed by atoms with Gasteiger partial charge in [0.2, 0.25) is 10.0 Å². The van der Waals surface area contributed by atoms with Gasteiger partial charge < -0.3 is 10.5 Å². The molecule has 0 aliphatic carbocycles. The van der Waals surface area contributed by atoms with E-state index < -0.39 is 32.6 Å². The number of hydrogen-bond acceptors (Lipinski definition) is 4. The summed E-state index contributed by atoms with van der Waals surface area (Å²) in [5, 5.41) is 0. The fraction of sp³-hybridized carbons (Fsp3) is 0.538. The molecule has 0 aromatic heterocycles. The Morgan fingerprint density at radius 2 is 2.10 bits per heavy atom. The Kier molecular flexibility index (Phi) is 4.62. The second-order valence-electron chi connectivity index (χ2n) is 5.05. The molecular formula is C13H18F2N2O3S.